The van der Waals surface area contributed by atoms with Crippen molar-refractivity contribution in [3.05, 3.63) is 35.4 Å². The zero-order chi connectivity index (χ0) is 18.2. The van der Waals surface area contributed by atoms with Gasteiger partial charge in [0.2, 0.25) is 11.8 Å². The first-order chi connectivity index (χ1) is 11.0. The van der Waals surface area contributed by atoms with Gasteiger partial charge in [-0.1, -0.05) is 43.7 Å². The van der Waals surface area contributed by atoms with Crippen molar-refractivity contribution in [3.8, 4) is 0 Å². The summed E-state index contributed by atoms with van der Waals surface area (Å²) in [4.78, 5) is 24.6. The summed E-state index contributed by atoms with van der Waals surface area (Å²) in [5.41, 5.74) is 1.34. The van der Waals surface area contributed by atoms with Crippen molar-refractivity contribution in [3.63, 3.8) is 0 Å². The molecular formula is C20H30N2O2. The second kappa shape index (κ2) is 6.23. The molecule has 0 heterocycles. The lowest BCUT2D eigenvalue weighted by Gasteiger charge is -2.30. The lowest BCUT2D eigenvalue weighted by atomic mass is 9.85. The molecule has 0 spiro atoms. The van der Waals surface area contributed by atoms with Gasteiger partial charge in [0.05, 0.1) is 5.41 Å². The molecule has 4 heteroatoms. The first-order valence-electron chi connectivity index (χ1n) is 8.64. The van der Waals surface area contributed by atoms with Gasteiger partial charge in [0.15, 0.2) is 0 Å². The van der Waals surface area contributed by atoms with Crippen LogP contribution in [0.25, 0.3) is 0 Å². The molecule has 2 rings (SSSR count). The van der Waals surface area contributed by atoms with Gasteiger partial charge in [0.1, 0.15) is 0 Å². The van der Waals surface area contributed by atoms with E-state index in [-0.39, 0.29) is 17.2 Å². The van der Waals surface area contributed by atoms with Crippen molar-refractivity contribution >= 4 is 11.8 Å². The minimum absolute atomic E-state index is 0.00248. The van der Waals surface area contributed by atoms with Crippen molar-refractivity contribution in [2.45, 2.75) is 64.8 Å². The number of carbonyl (C=O) groups excluding carboxylic acids is 2. The molecule has 4 nitrogen and oxygen atoms in total. The van der Waals surface area contributed by atoms with Crippen LogP contribution in [0.2, 0.25) is 0 Å². The number of nitrogens with one attached hydrogen (secondary N) is 2. The van der Waals surface area contributed by atoms with Gasteiger partial charge in [0.25, 0.3) is 0 Å². The molecule has 0 aliphatic heterocycles. The van der Waals surface area contributed by atoms with E-state index >= 15 is 0 Å². The third kappa shape index (κ3) is 3.47. The maximum Gasteiger partial charge on any atom is 0.231 e. The fourth-order valence-electron chi connectivity index (χ4n) is 3.50. The number of hydrogen-bond acceptors (Lipinski definition) is 2. The number of benzene rings is 1. The Balaban J connectivity index is 2.16. The number of amides is 2. The van der Waals surface area contributed by atoms with E-state index in [1.807, 2.05) is 13.8 Å². The highest BCUT2D eigenvalue weighted by molar-refractivity contribution is 5.93. The zero-order valence-electron chi connectivity index (χ0n) is 15.7. The van der Waals surface area contributed by atoms with E-state index in [0.29, 0.717) is 12.8 Å². The Morgan fingerprint density at radius 3 is 2.17 bits per heavy atom. The first kappa shape index (κ1) is 18.5. The summed E-state index contributed by atoms with van der Waals surface area (Å²) in [5, 5.41) is 5.81. The van der Waals surface area contributed by atoms with Crippen LogP contribution in [0, 0.1) is 12.3 Å². The molecule has 1 saturated carbocycles. The van der Waals surface area contributed by atoms with E-state index in [1.54, 1.807) is 7.05 Å². The minimum atomic E-state index is -0.467. The van der Waals surface area contributed by atoms with E-state index in [0.717, 1.165) is 12.0 Å². The number of aryl methyl sites for hydroxylation is 1. The predicted octanol–water partition coefficient (Wildman–Crippen LogP) is 3.08. The second-order valence-electron chi connectivity index (χ2n) is 8.34. The molecule has 1 fully saturated rings. The van der Waals surface area contributed by atoms with Crippen LogP contribution in [0.1, 0.15) is 58.1 Å². The van der Waals surface area contributed by atoms with E-state index in [9.17, 15) is 9.59 Å². The molecule has 2 N–H and O–H groups in total. The number of rotatable bonds is 6. The van der Waals surface area contributed by atoms with Crippen LogP contribution in [0.15, 0.2) is 24.3 Å². The van der Waals surface area contributed by atoms with Crippen molar-refractivity contribution in [1.29, 1.82) is 0 Å². The molecular weight excluding hydrogens is 300 g/mol. The Bertz CT molecular complexity index is 632. The summed E-state index contributed by atoms with van der Waals surface area (Å²) >= 11 is 0. The zero-order valence-corrected chi connectivity index (χ0v) is 15.7. The first-order valence-corrected chi connectivity index (χ1v) is 8.64. The quantitative estimate of drug-likeness (QED) is 0.842. The molecule has 1 aliphatic carbocycles. The Morgan fingerprint density at radius 1 is 1.17 bits per heavy atom. The van der Waals surface area contributed by atoms with Crippen molar-refractivity contribution in [1.82, 2.24) is 10.6 Å². The summed E-state index contributed by atoms with van der Waals surface area (Å²) in [5.74, 6) is 0.0654. The summed E-state index contributed by atoms with van der Waals surface area (Å²) in [7, 11) is 1.63. The van der Waals surface area contributed by atoms with Crippen molar-refractivity contribution in [2.24, 2.45) is 5.41 Å². The average molecular weight is 330 g/mol. The lowest BCUT2D eigenvalue weighted by Crippen LogP contribution is -2.49. The van der Waals surface area contributed by atoms with Crippen LogP contribution in [-0.2, 0) is 15.0 Å². The topological polar surface area (TPSA) is 58.2 Å². The van der Waals surface area contributed by atoms with Gasteiger partial charge in [-0.3, -0.25) is 9.59 Å². The predicted molar refractivity (Wildman–Crippen MR) is 96.8 cm³/mol. The van der Waals surface area contributed by atoms with Crippen LogP contribution in [-0.4, -0.2) is 24.4 Å². The van der Waals surface area contributed by atoms with Gasteiger partial charge >= 0.3 is 0 Å². The standard InChI is InChI=1S/C20H30N2O2/c1-14-7-9-15(10-8-14)20(13-18(20,2)3)17(24)22-19(4,5)12-11-16(23)21-6/h7-10H,11-13H2,1-6H3,(H,21,23)(H,22,24)/t20-/m1/s1. The Morgan fingerprint density at radius 2 is 1.71 bits per heavy atom. The van der Waals surface area contributed by atoms with Gasteiger partial charge in [-0.2, -0.15) is 0 Å². The Labute approximate surface area is 145 Å². The van der Waals surface area contributed by atoms with Crippen LogP contribution < -0.4 is 10.6 Å². The third-order valence-corrected chi connectivity index (χ3v) is 5.38. The van der Waals surface area contributed by atoms with E-state index in [2.05, 4.69) is 55.7 Å². The molecule has 0 bridgehead atoms. The minimum Gasteiger partial charge on any atom is -0.359 e. The summed E-state index contributed by atoms with van der Waals surface area (Å²) in [6, 6.07) is 8.27. The van der Waals surface area contributed by atoms with Crippen LogP contribution >= 0.6 is 0 Å². The summed E-state index contributed by atoms with van der Waals surface area (Å²) < 4.78 is 0. The Hall–Kier alpha value is -1.84. The summed E-state index contributed by atoms with van der Waals surface area (Å²) in [6.07, 6.45) is 1.87. The van der Waals surface area contributed by atoms with Gasteiger partial charge in [0, 0.05) is 19.0 Å². The molecule has 24 heavy (non-hydrogen) atoms. The second-order valence-corrected chi connectivity index (χ2v) is 8.34. The molecule has 1 atom stereocenters. The number of hydrogen-bond donors (Lipinski definition) is 2. The highest BCUT2D eigenvalue weighted by Crippen LogP contribution is 2.64. The smallest absolute Gasteiger partial charge is 0.231 e. The van der Waals surface area contributed by atoms with Gasteiger partial charge in [-0.05, 0) is 44.6 Å². The fraction of sp³-hybridized carbons (Fsp3) is 0.600. The van der Waals surface area contributed by atoms with Gasteiger partial charge < -0.3 is 10.6 Å². The van der Waals surface area contributed by atoms with E-state index < -0.39 is 11.0 Å². The monoisotopic (exact) mass is 330 g/mol. The molecule has 1 aromatic rings. The van der Waals surface area contributed by atoms with Crippen molar-refractivity contribution in [2.75, 3.05) is 7.05 Å². The largest absolute Gasteiger partial charge is 0.359 e. The van der Waals surface area contributed by atoms with Gasteiger partial charge in [-0.15, -0.1) is 0 Å². The molecule has 0 aromatic heterocycles. The number of carbonyl (C=O) groups is 2. The normalized spacial score (nSPS) is 21.9. The SMILES string of the molecule is CNC(=O)CCC(C)(C)NC(=O)[C@]1(c2ccc(C)cc2)CC1(C)C. The van der Waals surface area contributed by atoms with E-state index in [1.165, 1.54) is 5.56 Å². The molecule has 1 aliphatic rings. The molecule has 1 aromatic carbocycles. The molecule has 132 valence electrons. The maximum atomic E-state index is 13.1. The van der Waals surface area contributed by atoms with Crippen LogP contribution in [0.3, 0.4) is 0 Å². The molecule has 2 amide bonds. The highest BCUT2D eigenvalue weighted by atomic mass is 16.2. The third-order valence-electron chi connectivity index (χ3n) is 5.38. The van der Waals surface area contributed by atoms with E-state index in [4.69, 9.17) is 0 Å². The highest BCUT2D eigenvalue weighted by Gasteiger charge is 2.67. The van der Waals surface area contributed by atoms with Crippen LogP contribution in [0.4, 0.5) is 0 Å². The maximum absolute atomic E-state index is 13.1. The lowest BCUT2D eigenvalue weighted by molar-refractivity contribution is -0.127. The Kier molecular flexibility index (Phi) is 4.80. The van der Waals surface area contributed by atoms with Gasteiger partial charge in [-0.25, -0.2) is 0 Å². The summed E-state index contributed by atoms with van der Waals surface area (Å²) in [6.45, 7) is 10.3. The van der Waals surface area contributed by atoms with Crippen molar-refractivity contribution < 1.29 is 9.59 Å². The van der Waals surface area contributed by atoms with Crippen LogP contribution in [0.5, 0.6) is 0 Å². The molecule has 0 saturated heterocycles. The average Bonchev–Trinajstić information content (AvgIpc) is 3.09. The fourth-order valence-corrected chi connectivity index (χ4v) is 3.50. The molecule has 0 unspecified atom stereocenters. The molecule has 0 radical (unpaired) electrons.